The Hall–Kier alpha value is -2.33. The molecule has 0 spiro atoms. The van der Waals surface area contributed by atoms with Crippen molar-refractivity contribution in [2.24, 2.45) is 0 Å². The number of unbranched alkanes of at least 4 members (excludes halogenated alkanes) is 1. The number of Topliss-reactive ketones (excluding diaryl/α,β-unsaturated/α-hetero) is 1. The molecule has 8 nitrogen and oxygen atoms in total. The fraction of sp³-hybridized carbons (Fsp3) is 0.632. The summed E-state index contributed by atoms with van der Waals surface area (Å²) in [6.07, 6.45) is -0.139. The number of likely N-dealkylation sites (N-methyl/N-ethyl adjacent to an activating group) is 2. The summed E-state index contributed by atoms with van der Waals surface area (Å²) in [5.41, 5.74) is 0.465. The molecule has 0 saturated carbocycles. The van der Waals surface area contributed by atoms with Crippen molar-refractivity contribution in [1.82, 2.24) is 9.80 Å². The second kappa shape index (κ2) is 20.4. The second-order valence-electron chi connectivity index (χ2n) is 6.68. The summed E-state index contributed by atoms with van der Waals surface area (Å²) < 4.78 is 0. The minimum atomic E-state index is -2.72. The van der Waals surface area contributed by atoms with Gasteiger partial charge in [0.2, 0.25) is 0 Å². The molecule has 10 heteroatoms. The third-order valence-corrected chi connectivity index (χ3v) is 3.40. The van der Waals surface area contributed by atoms with Gasteiger partial charge in [-0.1, -0.05) is 20.3 Å². The van der Waals surface area contributed by atoms with Gasteiger partial charge in [0.25, 0.3) is 0 Å². The molecule has 0 aromatic carbocycles. The fourth-order valence-electron chi connectivity index (χ4n) is 1.53. The zero-order valence-corrected chi connectivity index (χ0v) is 19.4. The maximum Gasteiger partial charge on any atom is 2.00 e. The van der Waals surface area contributed by atoms with Crippen LogP contribution in [0.4, 0.5) is 0 Å². The maximum atomic E-state index is 10.8. The third-order valence-electron chi connectivity index (χ3n) is 3.40. The van der Waals surface area contributed by atoms with Crippen molar-refractivity contribution in [2.75, 3.05) is 41.3 Å². The Morgan fingerprint density at radius 2 is 1.24 bits per heavy atom. The smallest absolute Gasteiger partial charge is 0.875 e. The van der Waals surface area contributed by atoms with Crippen molar-refractivity contribution in [3.05, 3.63) is 11.3 Å². The van der Waals surface area contributed by atoms with E-state index in [9.17, 15) is 9.90 Å². The minimum absolute atomic E-state index is 0. The van der Waals surface area contributed by atoms with Crippen LogP contribution in [0.1, 0.15) is 40.0 Å². The van der Waals surface area contributed by atoms with Crippen molar-refractivity contribution < 1.29 is 27.0 Å². The molecule has 0 aromatic heterocycles. The van der Waals surface area contributed by atoms with Gasteiger partial charge in [-0.3, -0.25) is 4.79 Å². The van der Waals surface area contributed by atoms with Crippen LogP contribution >= 0.6 is 0 Å². The fourth-order valence-corrected chi connectivity index (χ4v) is 1.53. The molecule has 0 bridgehead atoms. The van der Waals surface area contributed by atoms with E-state index in [2.05, 4.69) is 38.0 Å². The van der Waals surface area contributed by atoms with Gasteiger partial charge in [-0.05, 0) is 53.5 Å². The summed E-state index contributed by atoms with van der Waals surface area (Å²) in [6.45, 7) is 7.23. The van der Waals surface area contributed by atoms with E-state index in [0.29, 0.717) is 12.0 Å². The third kappa shape index (κ3) is 20.2. The van der Waals surface area contributed by atoms with E-state index < -0.39 is 6.15 Å². The van der Waals surface area contributed by atoms with Gasteiger partial charge < -0.3 is 14.9 Å². The first-order valence-electron chi connectivity index (χ1n) is 8.94. The van der Waals surface area contributed by atoms with Crippen molar-refractivity contribution in [3.8, 4) is 23.9 Å². The molecular weight excluding hydrogens is 419 g/mol. The van der Waals surface area contributed by atoms with Gasteiger partial charge in [0.05, 0.1) is 0 Å². The summed E-state index contributed by atoms with van der Waals surface area (Å²) in [7, 11) is 8.35. The number of nitriles is 4. The number of hydrogen-bond donors (Lipinski definition) is 0. The van der Waals surface area contributed by atoms with Crippen LogP contribution in [0.5, 0.6) is 0 Å². The molecule has 0 N–H and O–H groups in total. The van der Waals surface area contributed by atoms with Gasteiger partial charge in [0.15, 0.2) is 5.78 Å². The molecule has 0 saturated heterocycles. The molecule has 0 aromatic rings. The Labute approximate surface area is 186 Å². The van der Waals surface area contributed by atoms with E-state index in [1.807, 2.05) is 6.92 Å². The predicted molar refractivity (Wildman–Crippen MR) is 108 cm³/mol. The predicted octanol–water partition coefficient (Wildman–Crippen LogP) is 1.19. The quantitative estimate of drug-likeness (QED) is 0.320. The van der Waals surface area contributed by atoms with Crippen molar-refractivity contribution >= 4 is 11.9 Å². The first-order chi connectivity index (χ1) is 13.0. The number of allylic oxidation sites excluding steroid dienone is 2. The first kappa shape index (κ1) is 34.2. The van der Waals surface area contributed by atoms with E-state index in [1.54, 1.807) is 0 Å². The zero-order valence-electron chi connectivity index (χ0n) is 18.4. The van der Waals surface area contributed by atoms with Crippen molar-refractivity contribution in [1.29, 1.82) is 21.0 Å². The van der Waals surface area contributed by atoms with Gasteiger partial charge in [0, 0.05) is 13.1 Å². The van der Waals surface area contributed by atoms with E-state index >= 15 is 0 Å². The van der Waals surface area contributed by atoms with Gasteiger partial charge >= 0.3 is 23.2 Å². The van der Waals surface area contributed by atoms with Crippen LogP contribution < -0.4 is 5.11 Å². The summed E-state index contributed by atoms with van der Waals surface area (Å²) in [5, 5.41) is 43.2. The minimum Gasteiger partial charge on any atom is -0.875 e. The number of rotatable bonds is 7. The molecule has 0 heterocycles. The average Bonchev–Trinajstić information content (AvgIpc) is 2.63. The SMILES string of the molecule is CCCC/C(C(C)=O)=C(\C)[O-].CN(C)CCN(C)C.N#C[B-](C#N)(C#N)C#N.[Cu+2]. The molecule has 0 aliphatic rings. The van der Waals surface area contributed by atoms with Crippen molar-refractivity contribution in [2.45, 2.75) is 40.0 Å². The molecule has 0 unspecified atom stereocenters. The Balaban J connectivity index is -0.000000161. The van der Waals surface area contributed by atoms with E-state index in [0.717, 1.165) is 25.9 Å². The molecule has 163 valence electrons. The monoisotopic (exact) mass is 449 g/mol. The van der Waals surface area contributed by atoms with Crippen LogP contribution in [-0.4, -0.2) is 63.0 Å². The molecule has 0 aliphatic carbocycles. The molecule has 29 heavy (non-hydrogen) atoms. The number of carbonyl (C=O) groups excluding carboxylic acids is 1. The molecule has 0 fully saturated rings. The maximum absolute atomic E-state index is 10.8. The molecule has 0 rings (SSSR count). The number of hydrogen-bond acceptors (Lipinski definition) is 8. The Morgan fingerprint density at radius 3 is 1.38 bits per heavy atom. The van der Waals surface area contributed by atoms with Gasteiger partial charge in [-0.15, -0.1) is 29.6 Å². The zero-order chi connectivity index (χ0) is 22.8. The topological polar surface area (TPSA) is 142 Å². The standard InChI is InChI=1S/C9H16O2.C6H16N2.C4BN4.Cu/c1-4-5-6-9(7(2)10)8(3)11;1-7(2)5-6-8(3)4;6-1-5(2-7,3-8)4-9;/h10H,4-6H2,1-3H3;5-6H2,1-4H3;;/q;;-1;+2/p-1/b9-7-;;;. The van der Waals surface area contributed by atoms with Crippen LogP contribution in [0.2, 0.25) is 0 Å². The van der Waals surface area contributed by atoms with E-state index in [1.165, 1.54) is 37.7 Å². The Kier molecular flexibility index (Phi) is 24.1. The number of carbonyl (C=O) groups is 1. The molecule has 1 radical (unpaired) electrons. The van der Waals surface area contributed by atoms with Crippen LogP contribution in [-0.2, 0) is 21.9 Å². The second-order valence-corrected chi connectivity index (χ2v) is 6.68. The van der Waals surface area contributed by atoms with Gasteiger partial charge in [-0.2, -0.15) is 0 Å². The summed E-state index contributed by atoms with van der Waals surface area (Å²) in [6, 6.07) is 0. The molecule has 0 aliphatic heterocycles. The van der Waals surface area contributed by atoms with Crippen molar-refractivity contribution in [3.63, 3.8) is 0 Å². The summed E-state index contributed by atoms with van der Waals surface area (Å²) in [4.78, 5) is 15.2. The first-order valence-corrected chi connectivity index (χ1v) is 8.94. The largest absolute Gasteiger partial charge is 2.00 e. The van der Waals surface area contributed by atoms with Crippen LogP contribution in [0.25, 0.3) is 0 Å². The Bertz CT molecular complexity index is 593. The summed E-state index contributed by atoms with van der Waals surface area (Å²) in [5.74, 6) is 5.22. The van der Waals surface area contributed by atoms with Gasteiger partial charge in [0.1, 0.15) is 0 Å². The molecule has 0 amide bonds. The summed E-state index contributed by atoms with van der Waals surface area (Å²) >= 11 is 0. The van der Waals surface area contributed by atoms with E-state index in [-0.39, 0.29) is 28.6 Å². The van der Waals surface area contributed by atoms with E-state index in [4.69, 9.17) is 21.0 Å². The van der Waals surface area contributed by atoms with Crippen LogP contribution in [0.3, 0.4) is 0 Å². The number of ketones is 1. The van der Waals surface area contributed by atoms with Crippen LogP contribution in [0, 0.1) is 44.9 Å². The molecule has 0 atom stereocenters. The van der Waals surface area contributed by atoms with Crippen LogP contribution in [0.15, 0.2) is 11.3 Å². The molecular formula is C19H31BCuN6O2. The Morgan fingerprint density at radius 1 is 0.897 bits per heavy atom. The normalized spacial score (nSPS) is 10.2. The number of nitrogens with zero attached hydrogens (tertiary/aromatic N) is 6. The van der Waals surface area contributed by atoms with Gasteiger partial charge in [-0.25, -0.2) is 21.0 Å². The average molecular weight is 450 g/mol.